The zero-order chi connectivity index (χ0) is 10.0. The molecule has 5 heteroatoms. The fourth-order valence-corrected chi connectivity index (χ4v) is 1.30. The highest BCUT2D eigenvalue weighted by Crippen LogP contribution is 2.14. The number of esters is 1. The topological polar surface area (TPSA) is 72.5 Å². The molecule has 0 saturated carbocycles. The van der Waals surface area contributed by atoms with Gasteiger partial charge in [-0.1, -0.05) is 6.92 Å². The average molecular weight is 185 g/mol. The number of amides is 1. The Morgan fingerprint density at radius 3 is 2.54 bits per heavy atom. The first-order chi connectivity index (χ1) is 6.11. The minimum absolute atomic E-state index is 0.389. The fourth-order valence-electron chi connectivity index (χ4n) is 1.30. The maximum atomic E-state index is 11.4. The third kappa shape index (κ3) is 1.54. The van der Waals surface area contributed by atoms with Crippen molar-refractivity contribution >= 4 is 17.7 Å². The molecule has 1 rings (SSSR count). The van der Waals surface area contributed by atoms with Gasteiger partial charge in [-0.05, 0) is 6.42 Å². The van der Waals surface area contributed by atoms with E-state index < -0.39 is 23.8 Å². The minimum atomic E-state index is -1.25. The van der Waals surface area contributed by atoms with Crippen LogP contribution in [-0.2, 0) is 19.1 Å². The van der Waals surface area contributed by atoms with Gasteiger partial charge in [0, 0.05) is 0 Å². The largest absolute Gasteiger partial charge is 0.468 e. The molecule has 1 aliphatic heterocycles. The van der Waals surface area contributed by atoms with Crippen LogP contribution in [0.2, 0.25) is 0 Å². The van der Waals surface area contributed by atoms with Crippen molar-refractivity contribution in [3.05, 3.63) is 0 Å². The zero-order valence-electron chi connectivity index (χ0n) is 7.49. The van der Waals surface area contributed by atoms with Crippen LogP contribution in [0.15, 0.2) is 0 Å². The van der Waals surface area contributed by atoms with Crippen LogP contribution in [0, 0.1) is 5.92 Å². The van der Waals surface area contributed by atoms with Crippen LogP contribution in [0.4, 0.5) is 0 Å². The van der Waals surface area contributed by atoms with Crippen molar-refractivity contribution in [3.63, 3.8) is 0 Å². The maximum Gasteiger partial charge on any atom is 0.325 e. The van der Waals surface area contributed by atoms with E-state index in [4.69, 9.17) is 0 Å². The van der Waals surface area contributed by atoms with E-state index in [0.717, 1.165) is 7.11 Å². The highest BCUT2D eigenvalue weighted by atomic mass is 16.5. The van der Waals surface area contributed by atoms with Crippen LogP contribution < -0.4 is 5.32 Å². The maximum absolute atomic E-state index is 11.4. The van der Waals surface area contributed by atoms with Gasteiger partial charge in [0.25, 0.3) is 0 Å². The number of ketones is 1. The Labute approximate surface area is 75.4 Å². The van der Waals surface area contributed by atoms with Crippen molar-refractivity contribution < 1.29 is 19.1 Å². The van der Waals surface area contributed by atoms with Crippen molar-refractivity contribution in [1.82, 2.24) is 5.32 Å². The molecule has 1 fully saturated rings. The molecule has 2 unspecified atom stereocenters. The first-order valence-electron chi connectivity index (χ1n) is 4.03. The molecule has 0 aromatic carbocycles. The molecule has 0 bridgehead atoms. The van der Waals surface area contributed by atoms with Gasteiger partial charge in [-0.3, -0.25) is 14.4 Å². The number of Topliss-reactive ketones (excluding diaryl/α,β-unsaturated/α-hetero) is 1. The van der Waals surface area contributed by atoms with Gasteiger partial charge in [-0.25, -0.2) is 0 Å². The van der Waals surface area contributed by atoms with Crippen LogP contribution in [0.1, 0.15) is 13.3 Å². The lowest BCUT2D eigenvalue weighted by Gasteiger charge is -2.03. The predicted molar refractivity (Wildman–Crippen MR) is 42.7 cm³/mol. The van der Waals surface area contributed by atoms with E-state index in [1.54, 1.807) is 6.92 Å². The molecule has 1 N–H and O–H groups in total. The number of hydrogen-bond acceptors (Lipinski definition) is 4. The summed E-state index contributed by atoms with van der Waals surface area (Å²) in [6, 6.07) is -0.531. The normalized spacial score (nSPS) is 27.2. The summed E-state index contributed by atoms with van der Waals surface area (Å²) in [5.74, 6) is -2.98. The second kappa shape index (κ2) is 3.55. The van der Waals surface area contributed by atoms with Crippen LogP contribution >= 0.6 is 0 Å². The molecule has 1 heterocycles. The Hall–Kier alpha value is -1.39. The number of rotatable bonds is 2. The van der Waals surface area contributed by atoms with E-state index in [1.807, 2.05) is 0 Å². The Balaban J connectivity index is 2.82. The van der Waals surface area contributed by atoms with E-state index in [2.05, 4.69) is 10.1 Å². The summed E-state index contributed by atoms with van der Waals surface area (Å²) in [6.07, 6.45) is 0.498. The molecule has 0 aromatic heterocycles. The van der Waals surface area contributed by atoms with Gasteiger partial charge < -0.3 is 10.1 Å². The Morgan fingerprint density at radius 2 is 2.15 bits per heavy atom. The monoisotopic (exact) mass is 185 g/mol. The molecule has 0 aromatic rings. The van der Waals surface area contributed by atoms with E-state index >= 15 is 0 Å². The van der Waals surface area contributed by atoms with Gasteiger partial charge in [-0.2, -0.15) is 0 Å². The highest BCUT2D eigenvalue weighted by Gasteiger charge is 2.45. The van der Waals surface area contributed by atoms with E-state index in [0.29, 0.717) is 6.42 Å². The van der Waals surface area contributed by atoms with Crippen molar-refractivity contribution in [2.75, 3.05) is 7.11 Å². The first kappa shape index (κ1) is 9.70. The molecule has 2 atom stereocenters. The molecule has 5 nitrogen and oxygen atoms in total. The number of carbonyl (C=O) groups excluding carboxylic acids is 3. The zero-order valence-corrected chi connectivity index (χ0v) is 7.49. The van der Waals surface area contributed by atoms with Crippen LogP contribution in [0.5, 0.6) is 0 Å². The molecule has 0 aliphatic carbocycles. The van der Waals surface area contributed by atoms with Crippen LogP contribution in [-0.4, -0.2) is 30.8 Å². The van der Waals surface area contributed by atoms with Gasteiger partial charge >= 0.3 is 5.97 Å². The second-order valence-corrected chi connectivity index (χ2v) is 2.83. The first-order valence-corrected chi connectivity index (χ1v) is 4.03. The molecule has 1 amide bonds. The summed E-state index contributed by atoms with van der Waals surface area (Å²) in [6.45, 7) is 1.77. The molecule has 72 valence electrons. The van der Waals surface area contributed by atoms with Crippen molar-refractivity contribution in [1.29, 1.82) is 0 Å². The summed E-state index contributed by atoms with van der Waals surface area (Å²) >= 11 is 0. The van der Waals surface area contributed by atoms with E-state index in [1.165, 1.54) is 0 Å². The van der Waals surface area contributed by atoms with Crippen molar-refractivity contribution in [3.8, 4) is 0 Å². The molecular formula is C8H11NO4. The Morgan fingerprint density at radius 1 is 1.54 bits per heavy atom. The number of carbonyl (C=O) groups is 3. The third-order valence-corrected chi connectivity index (χ3v) is 2.05. The van der Waals surface area contributed by atoms with Crippen molar-refractivity contribution in [2.24, 2.45) is 5.92 Å². The molecule has 0 spiro atoms. The summed E-state index contributed by atoms with van der Waals surface area (Å²) in [5.41, 5.74) is 0. The summed E-state index contributed by atoms with van der Waals surface area (Å²) < 4.78 is 4.35. The second-order valence-electron chi connectivity index (χ2n) is 2.83. The number of ether oxygens (including phenoxy) is 1. The van der Waals surface area contributed by atoms with Gasteiger partial charge in [0.2, 0.25) is 5.91 Å². The predicted octanol–water partition coefficient (Wildman–Crippen LogP) is -0.747. The van der Waals surface area contributed by atoms with Crippen LogP contribution in [0.25, 0.3) is 0 Å². The quantitative estimate of drug-likeness (QED) is 0.454. The van der Waals surface area contributed by atoms with Gasteiger partial charge in [-0.15, -0.1) is 0 Å². The lowest BCUT2D eigenvalue weighted by Crippen LogP contribution is -2.28. The molecule has 1 aliphatic rings. The summed E-state index contributed by atoms with van der Waals surface area (Å²) in [5, 5.41) is 2.43. The molecule has 13 heavy (non-hydrogen) atoms. The summed E-state index contributed by atoms with van der Waals surface area (Å²) in [7, 11) is 1.15. The fraction of sp³-hybridized carbons (Fsp3) is 0.625. The lowest BCUT2D eigenvalue weighted by atomic mass is 10.0. The molecular weight excluding hydrogens is 174 g/mol. The van der Waals surface area contributed by atoms with Crippen LogP contribution in [0.3, 0.4) is 0 Å². The molecule has 1 saturated heterocycles. The smallest absolute Gasteiger partial charge is 0.325 e. The molecule has 0 radical (unpaired) electrons. The SMILES string of the molecule is CCC1NC(=O)C(C(=O)OC)C1=O. The average Bonchev–Trinajstić information content (AvgIpc) is 2.40. The number of nitrogens with one attached hydrogen (secondary N) is 1. The van der Waals surface area contributed by atoms with Crippen molar-refractivity contribution in [2.45, 2.75) is 19.4 Å². The Kier molecular flexibility index (Phi) is 2.65. The minimum Gasteiger partial charge on any atom is -0.468 e. The highest BCUT2D eigenvalue weighted by molar-refractivity contribution is 6.22. The number of methoxy groups -OCH3 is 1. The van der Waals surface area contributed by atoms with E-state index in [-0.39, 0.29) is 5.78 Å². The van der Waals surface area contributed by atoms with Gasteiger partial charge in [0.15, 0.2) is 11.7 Å². The lowest BCUT2D eigenvalue weighted by molar-refractivity contribution is -0.151. The van der Waals surface area contributed by atoms with E-state index in [9.17, 15) is 14.4 Å². The Bertz CT molecular complexity index is 261. The standard InChI is InChI=1S/C8H11NO4/c1-3-4-6(10)5(7(11)9-4)8(12)13-2/h4-5H,3H2,1-2H3,(H,9,11). The van der Waals surface area contributed by atoms with Gasteiger partial charge in [0.1, 0.15) is 0 Å². The number of hydrogen-bond donors (Lipinski definition) is 1. The summed E-state index contributed by atoms with van der Waals surface area (Å²) in [4.78, 5) is 33.5. The third-order valence-electron chi connectivity index (χ3n) is 2.05. The van der Waals surface area contributed by atoms with Gasteiger partial charge in [0.05, 0.1) is 13.2 Å².